The largest absolute Gasteiger partial charge is 0.444 e. The molecule has 1 amide bonds. The molecular formula is C18H12BrF3N2O2. The standard InChI is InChI=1S/C18H12BrF3N2O2/c1-10-8-13(19)6-7-14(10)23-16(25)15-9-26-17(24-15)11-2-4-12(5-3-11)18(20,21)22/h2-9H,1H3,(H,23,25). The third kappa shape index (κ3) is 3.96. The number of aromatic nitrogens is 1. The summed E-state index contributed by atoms with van der Waals surface area (Å²) in [6, 6.07) is 9.75. The number of alkyl halides is 3. The van der Waals surface area contributed by atoms with Gasteiger partial charge in [-0.15, -0.1) is 0 Å². The lowest BCUT2D eigenvalue weighted by Gasteiger charge is -2.07. The number of oxazole rings is 1. The quantitative estimate of drug-likeness (QED) is 0.587. The van der Waals surface area contributed by atoms with Crippen LogP contribution in [0.1, 0.15) is 21.6 Å². The number of hydrogen-bond donors (Lipinski definition) is 1. The van der Waals surface area contributed by atoms with Crippen molar-refractivity contribution >= 4 is 27.5 Å². The van der Waals surface area contributed by atoms with E-state index in [0.29, 0.717) is 11.3 Å². The van der Waals surface area contributed by atoms with Gasteiger partial charge in [0.15, 0.2) is 5.69 Å². The minimum Gasteiger partial charge on any atom is -0.444 e. The molecule has 3 rings (SSSR count). The highest BCUT2D eigenvalue weighted by atomic mass is 79.9. The van der Waals surface area contributed by atoms with Crippen LogP contribution >= 0.6 is 15.9 Å². The van der Waals surface area contributed by atoms with Gasteiger partial charge < -0.3 is 9.73 Å². The Hall–Kier alpha value is -2.61. The van der Waals surface area contributed by atoms with Crippen LogP contribution in [0.3, 0.4) is 0 Å². The van der Waals surface area contributed by atoms with E-state index in [-0.39, 0.29) is 11.6 Å². The molecule has 0 radical (unpaired) electrons. The molecule has 0 aliphatic rings. The molecule has 1 heterocycles. The van der Waals surface area contributed by atoms with Crippen molar-refractivity contribution in [2.45, 2.75) is 13.1 Å². The molecule has 2 aromatic carbocycles. The minimum absolute atomic E-state index is 0.0298. The Morgan fingerprint density at radius 2 is 1.85 bits per heavy atom. The summed E-state index contributed by atoms with van der Waals surface area (Å²) in [5.74, 6) is -0.409. The van der Waals surface area contributed by atoms with Gasteiger partial charge in [-0.2, -0.15) is 13.2 Å². The van der Waals surface area contributed by atoms with E-state index in [1.165, 1.54) is 12.1 Å². The van der Waals surface area contributed by atoms with Crippen molar-refractivity contribution in [1.29, 1.82) is 0 Å². The minimum atomic E-state index is -4.41. The lowest BCUT2D eigenvalue weighted by Crippen LogP contribution is -2.13. The van der Waals surface area contributed by atoms with E-state index in [9.17, 15) is 18.0 Å². The summed E-state index contributed by atoms with van der Waals surface area (Å²) in [7, 11) is 0. The Bertz CT molecular complexity index is 950. The molecule has 0 bridgehead atoms. The van der Waals surface area contributed by atoms with Gasteiger partial charge in [-0.1, -0.05) is 15.9 Å². The average Bonchev–Trinajstić information content (AvgIpc) is 3.07. The lowest BCUT2D eigenvalue weighted by molar-refractivity contribution is -0.137. The Kier molecular flexibility index (Phi) is 4.86. The van der Waals surface area contributed by atoms with Crippen molar-refractivity contribution in [3.63, 3.8) is 0 Å². The molecule has 0 atom stereocenters. The summed E-state index contributed by atoms with van der Waals surface area (Å²) in [5.41, 5.74) is 1.09. The van der Waals surface area contributed by atoms with Gasteiger partial charge in [0.2, 0.25) is 5.89 Å². The fraction of sp³-hybridized carbons (Fsp3) is 0.111. The monoisotopic (exact) mass is 424 g/mol. The van der Waals surface area contributed by atoms with Gasteiger partial charge in [0.05, 0.1) is 5.56 Å². The molecule has 3 aromatic rings. The SMILES string of the molecule is Cc1cc(Br)ccc1NC(=O)c1coc(-c2ccc(C(F)(F)F)cc2)n1. The normalized spacial score (nSPS) is 11.4. The zero-order chi connectivity index (χ0) is 18.9. The summed E-state index contributed by atoms with van der Waals surface area (Å²) in [6.45, 7) is 1.84. The van der Waals surface area contributed by atoms with Crippen LogP contribution in [0.5, 0.6) is 0 Å². The molecule has 0 aliphatic carbocycles. The summed E-state index contributed by atoms with van der Waals surface area (Å²) >= 11 is 3.34. The second kappa shape index (κ2) is 6.95. The molecule has 0 fully saturated rings. The Labute approximate surface area is 155 Å². The maximum absolute atomic E-state index is 12.6. The van der Waals surface area contributed by atoms with Crippen LogP contribution in [-0.4, -0.2) is 10.9 Å². The third-order valence-corrected chi connectivity index (χ3v) is 4.13. The number of carbonyl (C=O) groups excluding carboxylic acids is 1. The first-order chi connectivity index (χ1) is 12.2. The van der Waals surface area contributed by atoms with E-state index in [1.54, 1.807) is 12.1 Å². The van der Waals surface area contributed by atoms with Crippen LogP contribution < -0.4 is 5.32 Å². The Balaban J connectivity index is 1.77. The molecule has 0 saturated heterocycles. The Morgan fingerprint density at radius 3 is 2.46 bits per heavy atom. The van der Waals surface area contributed by atoms with E-state index in [1.807, 2.05) is 13.0 Å². The predicted octanol–water partition coefficient (Wildman–Crippen LogP) is 5.68. The highest BCUT2D eigenvalue weighted by Gasteiger charge is 2.30. The van der Waals surface area contributed by atoms with Crippen molar-refractivity contribution in [3.05, 3.63) is 70.0 Å². The molecular weight excluding hydrogens is 413 g/mol. The maximum atomic E-state index is 12.6. The number of nitrogens with zero attached hydrogens (tertiary/aromatic N) is 1. The van der Waals surface area contributed by atoms with Crippen molar-refractivity contribution in [2.75, 3.05) is 5.32 Å². The third-order valence-electron chi connectivity index (χ3n) is 3.63. The molecule has 4 nitrogen and oxygen atoms in total. The zero-order valence-corrected chi connectivity index (χ0v) is 15.0. The highest BCUT2D eigenvalue weighted by molar-refractivity contribution is 9.10. The van der Waals surface area contributed by atoms with Gasteiger partial charge in [-0.25, -0.2) is 4.98 Å². The number of nitrogens with one attached hydrogen (secondary N) is 1. The number of anilines is 1. The highest BCUT2D eigenvalue weighted by Crippen LogP contribution is 2.31. The fourth-order valence-corrected chi connectivity index (χ4v) is 2.74. The molecule has 1 N–H and O–H groups in total. The zero-order valence-electron chi connectivity index (χ0n) is 13.4. The smallest absolute Gasteiger partial charge is 0.416 e. The number of aryl methyl sites for hydroxylation is 1. The molecule has 0 saturated carbocycles. The molecule has 0 unspecified atom stereocenters. The number of hydrogen-bond acceptors (Lipinski definition) is 3. The second-order valence-electron chi connectivity index (χ2n) is 5.53. The molecule has 0 aliphatic heterocycles. The van der Waals surface area contributed by atoms with Crippen LogP contribution in [0.4, 0.5) is 18.9 Å². The number of carbonyl (C=O) groups is 1. The summed E-state index contributed by atoms with van der Waals surface area (Å²) in [4.78, 5) is 16.3. The first kappa shape index (κ1) is 18.2. The van der Waals surface area contributed by atoms with Gasteiger partial charge in [0.25, 0.3) is 5.91 Å². The number of halogens is 4. The van der Waals surface area contributed by atoms with Crippen LogP contribution in [-0.2, 0) is 6.18 Å². The maximum Gasteiger partial charge on any atom is 0.416 e. The average molecular weight is 425 g/mol. The van der Waals surface area contributed by atoms with Crippen LogP contribution in [0.2, 0.25) is 0 Å². The van der Waals surface area contributed by atoms with Crippen molar-refractivity contribution in [2.24, 2.45) is 0 Å². The van der Waals surface area contributed by atoms with E-state index >= 15 is 0 Å². The molecule has 1 aromatic heterocycles. The number of amides is 1. The molecule has 0 spiro atoms. The van der Waals surface area contributed by atoms with Crippen molar-refractivity contribution in [3.8, 4) is 11.5 Å². The second-order valence-corrected chi connectivity index (χ2v) is 6.44. The van der Waals surface area contributed by atoms with Crippen LogP contribution in [0.25, 0.3) is 11.5 Å². The molecule has 8 heteroatoms. The van der Waals surface area contributed by atoms with Gasteiger partial charge in [-0.05, 0) is 55.0 Å². The van der Waals surface area contributed by atoms with Gasteiger partial charge in [0.1, 0.15) is 6.26 Å². The summed E-state index contributed by atoms with van der Waals surface area (Å²) in [6.07, 6.45) is -3.25. The first-order valence-corrected chi connectivity index (χ1v) is 8.24. The van der Waals surface area contributed by atoms with Crippen molar-refractivity contribution < 1.29 is 22.4 Å². The fourth-order valence-electron chi connectivity index (χ4n) is 2.27. The van der Waals surface area contributed by atoms with E-state index in [4.69, 9.17) is 4.42 Å². The van der Waals surface area contributed by atoms with Gasteiger partial charge >= 0.3 is 6.18 Å². The Morgan fingerprint density at radius 1 is 1.15 bits per heavy atom. The molecule has 134 valence electrons. The van der Waals surface area contributed by atoms with Crippen LogP contribution in [0.15, 0.2) is 57.6 Å². The first-order valence-electron chi connectivity index (χ1n) is 7.45. The van der Waals surface area contributed by atoms with Crippen LogP contribution in [0, 0.1) is 6.92 Å². The number of benzene rings is 2. The lowest BCUT2D eigenvalue weighted by atomic mass is 10.1. The predicted molar refractivity (Wildman–Crippen MR) is 93.8 cm³/mol. The van der Waals surface area contributed by atoms with Gasteiger partial charge in [0, 0.05) is 15.7 Å². The summed E-state index contributed by atoms with van der Waals surface area (Å²) < 4.78 is 43.9. The number of rotatable bonds is 3. The van der Waals surface area contributed by atoms with E-state index < -0.39 is 17.6 Å². The topological polar surface area (TPSA) is 55.1 Å². The van der Waals surface area contributed by atoms with E-state index in [0.717, 1.165) is 28.4 Å². The van der Waals surface area contributed by atoms with Crippen molar-refractivity contribution in [1.82, 2.24) is 4.98 Å². The molecule has 26 heavy (non-hydrogen) atoms. The summed E-state index contributed by atoms with van der Waals surface area (Å²) in [5, 5.41) is 2.72. The van der Waals surface area contributed by atoms with E-state index in [2.05, 4.69) is 26.2 Å². The van der Waals surface area contributed by atoms with Gasteiger partial charge in [-0.3, -0.25) is 4.79 Å².